The van der Waals surface area contributed by atoms with Crippen LogP contribution in [0.2, 0.25) is 0 Å². The molecule has 0 spiro atoms. The van der Waals surface area contributed by atoms with Crippen molar-refractivity contribution >= 4 is 5.96 Å². The number of nitrogens with zero attached hydrogens (tertiary/aromatic N) is 2. The van der Waals surface area contributed by atoms with Crippen LogP contribution < -0.4 is 20.1 Å². The van der Waals surface area contributed by atoms with Gasteiger partial charge in [-0.25, -0.2) is 4.99 Å². The summed E-state index contributed by atoms with van der Waals surface area (Å²) in [5.74, 6) is 1.99. The van der Waals surface area contributed by atoms with Gasteiger partial charge >= 0.3 is 6.61 Å². The number of hydrogen-bond donors (Lipinski definition) is 2. The molecule has 2 aliphatic rings. The van der Waals surface area contributed by atoms with Gasteiger partial charge in [0.1, 0.15) is 11.5 Å². The molecule has 0 amide bonds. The van der Waals surface area contributed by atoms with Crippen LogP contribution in [-0.4, -0.2) is 56.8 Å². The van der Waals surface area contributed by atoms with Crippen molar-refractivity contribution in [3.63, 3.8) is 0 Å². The first-order valence-corrected chi connectivity index (χ1v) is 9.97. The van der Waals surface area contributed by atoms with Gasteiger partial charge in [-0.1, -0.05) is 0 Å². The van der Waals surface area contributed by atoms with Gasteiger partial charge in [-0.05, 0) is 56.8 Å². The molecular weight excluding hydrogens is 366 g/mol. The highest BCUT2D eigenvalue weighted by Crippen LogP contribution is 2.31. The van der Waals surface area contributed by atoms with E-state index in [-0.39, 0.29) is 12.3 Å². The van der Waals surface area contributed by atoms with Crippen LogP contribution in [0.15, 0.2) is 23.2 Å². The maximum Gasteiger partial charge on any atom is 0.387 e. The molecule has 8 heteroatoms. The summed E-state index contributed by atoms with van der Waals surface area (Å²) in [7, 11) is 1.54. The molecule has 1 aromatic carbocycles. The molecule has 0 bridgehead atoms. The molecule has 28 heavy (non-hydrogen) atoms. The lowest BCUT2D eigenvalue weighted by molar-refractivity contribution is -0.0504. The number of aliphatic imine (C=N–C) groups is 1. The Morgan fingerprint density at radius 2 is 2.11 bits per heavy atom. The fourth-order valence-corrected chi connectivity index (χ4v) is 3.56. The average Bonchev–Trinajstić information content (AvgIpc) is 3.43. The summed E-state index contributed by atoms with van der Waals surface area (Å²) in [6.07, 6.45) is 3.88. The number of nitrogens with one attached hydrogen (secondary N) is 2. The van der Waals surface area contributed by atoms with E-state index in [0.717, 1.165) is 25.7 Å². The Hall–Kier alpha value is -2.09. The summed E-state index contributed by atoms with van der Waals surface area (Å²) in [5, 5.41) is 6.61. The largest absolute Gasteiger partial charge is 0.497 e. The summed E-state index contributed by atoms with van der Waals surface area (Å²) in [4.78, 5) is 7.14. The Bertz CT molecular complexity index is 668. The maximum absolute atomic E-state index is 12.7. The minimum atomic E-state index is -2.88. The third-order valence-corrected chi connectivity index (χ3v) is 5.17. The van der Waals surface area contributed by atoms with E-state index < -0.39 is 6.61 Å². The van der Waals surface area contributed by atoms with E-state index in [0.29, 0.717) is 23.2 Å². The van der Waals surface area contributed by atoms with Crippen LogP contribution in [0.5, 0.6) is 11.5 Å². The molecule has 1 heterocycles. The van der Waals surface area contributed by atoms with Gasteiger partial charge in [0.2, 0.25) is 0 Å². The number of guanidine groups is 1. The number of alkyl halides is 2. The number of ether oxygens (including phenoxy) is 2. The Kier molecular flexibility index (Phi) is 7.30. The summed E-state index contributed by atoms with van der Waals surface area (Å²) < 4.78 is 35.1. The van der Waals surface area contributed by atoms with Gasteiger partial charge in [0, 0.05) is 31.2 Å². The van der Waals surface area contributed by atoms with Gasteiger partial charge in [0.15, 0.2) is 5.96 Å². The molecule has 2 fully saturated rings. The van der Waals surface area contributed by atoms with Gasteiger partial charge in [-0.15, -0.1) is 0 Å². The predicted molar refractivity (Wildman–Crippen MR) is 105 cm³/mol. The zero-order valence-electron chi connectivity index (χ0n) is 16.6. The molecule has 3 rings (SSSR count). The summed E-state index contributed by atoms with van der Waals surface area (Å²) >= 11 is 0. The van der Waals surface area contributed by atoms with Gasteiger partial charge in [-0.2, -0.15) is 8.78 Å². The van der Waals surface area contributed by atoms with Gasteiger partial charge in [-0.3, -0.25) is 0 Å². The molecule has 1 aliphatic heterocycles. The van der Waals surface area contributed by atoms with Crippen LogP contribution in [0.1, 0.15) is 31.7 Å². The topological polar surface area (TPSA) is 58.1 Å². The second-order valence-corrected chi connectivity index (χ2v) is 7.31. The van der Waals surface area contributed by atoms with Gasteiger partial charge < -0.3 is 25.0 Å². The van der Waals surface area contributed by atoms with E-state index in [9.17, 15) is 8.78 Å². The molecule has 156 valence electrons. The molecule has 0 radical (unpaired) electrons. The Morgan fingerprint density at radius 3 is 2.79 bits per heavy atom. The van der Waals surface area contributed by atoms with Crippen molar-refractivity contribution in [3.8, 4) is 11.5 Å². The number of rotatable bonds is 9. The summed E-state index contributed by atoms with van der Waals surface area (Å²) in [6, 6.07) is 5.57. The van der Waals surface area contributed by atoms with E-state index in [1.165, 1.54) is 39.0 Å². The number of likely N-dealkylation sites (tertiary alicyclic amines) is 1. The van der Waals surface area contributed by atoms with Crippen molar-refractivity contribution < 1.29 is 18.3 Å². The first-order chi connectivity index (χ1) is 13.6. The van der Waals surface area contributed by atoms with E-state index in [1.54, 1.807) is 12.1 Å². The molecule has 1 saturated heterocycles. The van der Waals surface area contributed by atoms with Crippen LogP contribution >= 0.6 is 0 Å². The van der Waals surface area contributed by atoms with E-state index in [1.807, 2.05) is 6.92 Å². The first-order valence-electron chi connectivity index (χ1n) is 9.97. The van der Waals surface area contributed by atoms with Gasteiger partial charge in [0.25, 0.3) is 0 Å². The van der Waals surface area contributed by atoms with Crippen LogP contribution in [-0.2, 0) is 6.54 Å². The fraction of sp³-hybridized carbons (Fsp3) is 0.650. The highest BCUT2D eigenvalue weighted by atomic mass is 19.3. The SMILES string of the molecule is CCNC(=NCc1cc(OC)ccc1OC(F)F)NCC1CCN(C2CC2)C1. The maximum atomic E-state index is 12.7. The number of halogens is 2. The minimum Gasteiger partial charge on any atom is -0.497 e. The highest BCUT2D eigenvalue weighted by molar-refractivity contribution is 5.79. The van der Waals surface area contributed by atoms with Crippen molar-refractivity contribution in [1.29, 1.82) is 0 Å². The van der Waals surface area contributed by atoms with Crippen LogP contribution in [0.4, 0.5) is 8.78 Å². The molecule has 1 atom stereocenters. The zero-order valence-corrected chi connectivity index (χ0v) is 16.6. The van der Waals surface area contributed by atoms with Crippen molar-refractivity contribution in [2.45, 2.75) is 45.4 Å². The zero-order chi connectivity index (χ0) is 19.9. The predicted octanol–water partition coefficient (Wildman–Crippen LogP) is 2.84. The quantitative estimate of drug-likeness (QED) is 0.497. The third kappa shape index (κ3) is 5.95. The first kappa shape index (κ1) is 20.6. The summed E-state index contributed by atoms with van der Waals surface area (Å²) in [5.41, 5.74) is 0.553. The van der Waals surface area contributed by atoms with Gasteiger partial charge in [0.05, 0.1) is 13.7 Å². The Labute approximate surface area is 165 Å². The molecule has 6 nitrogen and oxygen atoms in total. The van der Waals surface area contributed by atoms with Crippen molar-refractivity contribution in [1.82, 2.24) is 15.5 Å². The lowest BCUT2D eigenvalue weighted by atomic mass is 10.1. The number of hydrogen-bond acceptors (Lipinski definition) is 4. The second kappa shape index (κ2) is 9.91. The van der Waals surface area contributed by atoms with Crippen molar-refractivity contribution in [2.75, 3.05) is 33.3 Å². The van der Waals surface area contributed by atoms with E-state index in [2.05, 4.69) is 25.3 Å². The third-order valence-electron chi connectivity index (χ3n) is 5.17. The highest BCUT2D eigenvalue weighted by Gasteiger charge is 2.34. The minimum absolute atomic E-state index is 0.117. The van der Waals surface area contributed by atoms with Crippen LogP contribution in [0.3, 0.4) is 0 Å². The van der Waals surface area contributed by atoms with E-state index in [4.69, 9.17) is 4.74 Å². The molecule has 1 aliphatic carbocycles. The molecule has 0 aromatic heterocycles. The smallest absolute Gasteiger partial charge is 0.387 e. The Morgan fingerprint density at radius 1 is 1.29 bits per heavy atom. The van der Waals surface area contributed by atoms with Crippen molar-refractivity contribution in [3.05, 3.63) is 23.8 Å². The number of benzene rings is 1. The monoisotopic (exact) mass is 396 g/mol. The number of methoxy groups -OCH3 is 1. The van der Waals surface area contributed by atoms with Crippen LogP contribution in [0.25, 0.3) is 0 Å². The fourth-order valence-electron chi connectivity index (χ4n) is 3.56. The normalized spacial score (nSPS) is 20.5. The molecule has 2 N–H and O–H groups in total. The molecule has 1 saturated carbocycles. The Balaban J connectivity index is 1.60. The van der Waals surface area contributed by atoms with E-state index >= 15 is 0 Å². The molecule has 1 aromatic rings. The lowest BCUT2D eigenvalue weighted by Gasteiger charge is -2.17. The lowest BCUT2D eigenvalue weighted by Crippen LogP contribution is -2.40. The van der Waals surface area contributed by atoms with Crippen molar-refractivity contribution in [2.24, 2.45) is 10.9 Å². The summed E-state index contributed by atoms with van der Waals surface area (Å²) in [6.45, 7) is 3.24. The second-order valence-electron chi connectivity index (χ2n) is 7.31. The average molecular weight is 396 g/mol. The van der Waals surface area contributed by atoms with Crippen LogP contribution in [0, 0.1) is 5.92 Å². The standard InChI is InChI=1S/C20H30F2N4O2/c1-3-23-20(24-11-14-8-9-26(13-14)16-4-5-16)25-12-15-10-17(27-2)6-7-18(15)28-19(21)22/h6-7,10,14,16,19H,3-5,8-9,11-13H2,1-2H3,(H2,23,24,25). The molecule has 1 unspecified atom stereocenters. The molecular formula is C20H30F2N4O2.